The number of imidazole rings is 1. The first-order valence-corrected chi connectivity index (χ1v) is 12.0. The third kappa shape index (κ3) is 4.02. The maximum Gasteiger partial charge on any atom is 0.271 e. The fourth-order valence-corrected chi connectivity index (χ4v) is 5.95. The summed E-state index contributed by atoms with van der Waals surface area (Å²) in [7, 11) is 0. The van der Waals surface area contributed by atoms with Crippen LogP contribution >= 0.6 is 11.3 Å². The van der Waals surface area contributed by atoms with Crippen molar-refractivity contribution in [3.63, 3.8) is 0 Å². The summed E-state index contributed by atoms with van der Waals surface area (Å²) >= 11 is 1.55. The Hall–Kier alpha value is -3.17. The molecule has 1 aliphatic carbocycles. The minimum Gasteiger partial charge on any atom is -0.345 e. The lowest BCUT2D eigenvalue weighted by Gasteiger charge is -2.18. The number of thiazole rings is 1. The van der Waals surface area contributed by atoms with E-state index in [0.29, 0.717) is 23.4 Å². The van der Waals surface area contributed by atoms with Gasteiger partial charge in [-0.05, 0) is 36.1 Å². The lowest BCUT2D eigenvalue weighted by Crippen LogP contribution is -2.27. The van der Waals surface area contributed by atoms with Gasteiger partial charge in [0.05, 0.1) is 28.3 Å². The molecule has 1 saturated carbocycles. The first kappa shape index (κ1) is 20.4. The molecule has 0 radical (unpaired) electrons. The lowest BCUT2D eigenvalue weighted by molar-refractivity contribution is 0.0945. The van der Waals surface area contributed by atoms with Gasteiger partial charge in [-0.2, -0.15) is 0 Å². The summed E-state index contributed by atoms with van der Waals surface area (Å²) in [6.45, 7) is 3.17. The number of benzene rings is 1. The summed E-state index contributed by atoms with van der Waals surface area (Å²) in [5.74, 6) is 2.01. The largest absolute Gasteiger partial charge is 0.345 e. The molecule has 7 nitrogen and oxygen atoms in total. The topological polar surface area (TPSA) is 86.8 Å². The zero-order chi connectivity index (χ0) is 22.4. The number of piperidine rings is 1. The molecular weight excluding hydrogens is 439 g/mol. The molecule has 4 aromatic rings. The number of carbonyl (C=O) groups is 1. The molecule has 1 aliphatic heterocycles. The van der Waals surface area contributed by atoms with Crippen LogP contribution in [-0.4, -0.2) is 50.4 Å². The van der Waals surface area contributed by atoms with Gasteiger partial charge in [-0.25, -0.2) is 14.4 Å². The molecule has 1 aromatic carbocycles. The van der Waals surface area contributed by atoms with Crippen molar-refractivity contribution >= 4 is 28.3 Å². The summed E-state index contributed by atoms with van der Waals surface area (Å²) in [6, 6.07) is 11.0. The summed E-state index contributed by atoms with van der Waals surface area (Å²) in [6.07, 6.45) is 2.43. The zero-order valence-corrected chi connectivity index (χ0v) is 18.7. The SMILES string of the molecule is O=C(NCc1ncccc1F)c1csc([C@H]2[C@@H]3CN(CCc4nc5ccccc5[nH]4)C[C@@H]32)n1. The summed E-state index contributed by atoms with van der Waals surface area (Å²) in [5.41, 5.74) is 2.73. The fourth-order valence-electron chi connectivity index (χ4n) is 4.90. The van der Waals surface area contributed by atoms with E-state index in [1.165, 1.54) is 18.3 Å². The van der Waals surface area contributed by atoms with Gasteiger partial charge in [0.2, 0.25) is 0 Å². The van der Waals surface area contributed by atoms with Crippen molar-refractivity contribution < 1.29 is 9.18 Å². The van der Waals surface area contributed by atoms with Crippen molar-refractivity contribution in [1.82, 2.24) is 30.2 Å². The number of H-pyrrole nitrogens is 1. The van der Waals surface area contributed by atoms with Crippen LogP contribution in [-0.2, 0) is 13.0 Å². The monoisotopic (exact) mass is 462 g/mol. The van der Waals surface area contributed by atoms with Gasteiger partial charge in [0.1, 0.15) is 17.3 Å². The maximum atomic E-state index is 13.7. The Morgan fingerprint density at radius 3 is 2.85 bits per heavy atom. The van der Waals surface area contributed by atoms with Crippen LogP contribution in [0.3, 0.4) is 0 Å². The molecule has 2 fully saturated rings. The molecule has 0 bridgehead atoms. The lowest BCUT2D eigenvalue weighted by atomic mass is 10.2. The van der Waals surface area contributed by atoms with E-state index in [0.717, 1.165) is 47.9 Å². The molecule has 3 aromatic heterocycles. The number of carbonyl (C=O) groups excluding carboxylic acids is 1. The standard InChI is InChI=1S/C24H23FN6OS/c25-16-4-3-8-26-19(16)10-27-23(32)20-13-33-24(30-20)22-14-11-31(12-15(14)22)9-7-21-28-17-5-1-2-6-18(17)29-21/h1-6,8,13-15,22H,7,9-12H2,(H,27,32)(H,28,29)/t14-,15+,22+. The summed E-state index contributed by atoms with van der Waals surface area (Å²) < 4.78 is 13.7. The molecule has 168 valence electrons. The van der Waals surface area contributed by atoms with Crippen molar-refractivity contribution in [2.75, 3.05) is 19.6 Å². The number of halogens is 1. The number of likely N-dealkylation sites (tertiary alicyclic amines) is 1. The molecule has 4 heterocycles. The van der Waals surface area contributed by atoms with Crippen LogP contribution in [0.1, 0.15) is 32.9 Å². The van der Waals surface area contributed by atoms with Crippen LogP contribution in [0.2, 0.25) is 0 Å². The number of hydrogen-bond acceptors (Lipinski definition) is 6. The third-order valence-corrected chi connectivity index (χ3v) is 7.61. The minimum absolute atomic E-state index is 0.0488. The number of pyridine rings is 1. The molecule has 9 heteroatoms. The van der Waals surface area contributed by atoms with Crippen molar-refractivity contribution in [2.45, 2.75) is 18.9 Å². The number of nitrogens with one attached hydrogen (secondary N) is 2. The van der Waals surface area contributed by atoms with Crippen LogP contribution < -0.4 is 5.32 Å². The van der Waals surface area contributed by atoms with Gasteiger partial charge in [-0.15, -0.1) is 11.3 Å². The number of hydrogen-bond donors (Lipinski definition) is 2. The van der Waals surface area contributed by atoms with Gasteiger partial charge in [0.25, 0.3) is 5.91 Å². The smallest absolute Gasteiger partial charge is 0.271 e. The normalized spacial score (nSPS) is 21.9. The number of fused-ring (bicyclic) bond motifs is 2. The van der Waals surface area contributed by atoms with Crippen LogP contribution in [0.4, 0.5) is 4.39 Å². The quantitative estimate of drug-likeness (QED) is 0.440. The van der Waals surface area contributed by atoms with E-state index in [-0.39, 0.29) is 18.1 Å². The second-order valence-corrected chi connectivity index (χ2v) is 9.64. The van der Waals surface area contributed by atoms with Crippen molar-refractivity contribution in [1.29, 1.82) is 0 Å². The fraction of sp³-hybridized carbons (Fsp3) is 0.333. The van der Waals surface area contributed by atoms with E-state index in [1.54, 1.807) is 16.7 Å². The second-order valence-electron chi connectivity index (χ2n) is 8.75. The first-order chi connectivity index (χ1) is 16.2. The molecular formula is C24H23FN6OS. The highest BCUT2D eigenvalue weighted by atomic mass is 32.1. The molecule has 0 spiro atoms. The van der Waals surface area contributed by atoms with Gasteiger partial charge in [-0.1, -0.05) is 12.1 Å². The number of rotatable bonds is 7. The van der Waals surface area contributed by atoms with Crippen molar-refractivity contribution in [2.24, 2.45) is 11.8 Å². The van der Waals surface area contributed by atoms with Crippen LogP contribution in [0.25, 0.3) is 11.0 Å². The van der Waals surface area contributed by atoms with Crippen LogP contribution in [0.5, 0.6) is 0 Å². The Morgan fingerprint density at radius 1 is 1.18 bits per heavy atom. The summed E-state index contributed by atoms with van der Waals surface area (Å²) in [4.78, 5) is 31.6. The number of nitrogens with zero attached hydrogens (tertiary/aromatic N) is 4. The Labute approximate surface area is 194 Å². The number of aromatic nitrogens is 4. The Morgan fingerprint density at radius 2 is 2.03 bits per heavy atom. The first-order valence-electron chi connectivity index (χ1n) is 11.1. The second kappa shape index (κ2) is 8.31. The van der Waals surface area contributed by atoms with Crippen LogP contribution in [0.15, 0.2) is 48.0 Å². The Kier molecular flexibility index (Phi) is 5.15. The average Bonchev–Trinajstić information content (AvgIpc) is 3.28. The van der Waals surface area contributed by atoms with E-state index in [2.05, 4.69) is 36.2 Å². The van der Waals surface area contributed by atoms with E-state index < -0.39 is 5.82 Å². The van der Waals surface area contributed by atoms with Gasteiger partial charge in [-0.3, -0.25) is 9.78 Å². The third-order valence-electron chi connectivity index (χ3n) is 6.66. The Balaban J connectivity index is 1.00. The van der Waals surface area contributed by atoms with Gasteiger partial charge in [0.15, 0.2) is 0 Å². The van der Waals surface area contributed by atoms with Gasteiger partial charge >= 0.3 is 0 Å². The highest BCUT2D eigenvalue weighted by Gasteiger charge is 2.57. The number of para-hydroxylation sites is 2. The number of amides is 1. The van der Waals surface area contributed by atoms with E-state index in [4.69, 9.17) is 0 Å². The Bertz CT molecular complexity index is 1270. The van der Waals surface area contributed by atoms with Crippen molar-refractivity contribution in [3.8, 4) is 0 Å². The van der Waals surface area contributed by atoms with Gasteiger partial charge in [0, 0.05) is 43.5 Å². The molecule has 0 unspecified atom stereocenters. The molecule has 3 atom stereocenters. The van der Waals surface area contributed by atoms with E-state index in [9.17, 15) is 9.18 Å². The molecule has 1 amide bonds. The molecule has 6 rings (SSSR count). The summed E-state index contributed by atoms with van der Waals surface area (Å²) in [5, 5.41) is 5.55. The van der Waals surface area contributed by atoms with E-state index in [1.807, 2.05) is 18.2 Å². The van der Waals surface area contributed by atoms with Crippen LogP contribution in [0, 0.1) is 17.7 Å². The predicted molar refractivity (Wildman–Crippen MR) is 123 cm³/mol. The highest BCUT2D eigenvalue weighted by Crippen LogP contribution is 2.58. The van der Waals surface area contributed by atoms with Gasteiger partial charge < -0.3 is 15.2 Å². The molecule has 1 saturated heterocycles. The number of aromatic amines is 1. The average molecular weight is 463 g/mol. The zero-order valence-electron chi connectivity index (χ0n) is 17.9. The molecule has 2 N–H and O–H groups in total. The predicted octanol–water partition coefficient (Wildman–Crippen LogP) is 3.37. The minimum atomic E-state index is -0.424. The van der Waals surface area contributed by atoms with E-state index >= 15 is 0 Å². The van der Waals surface area contributed by atoms with Crippen molar-refractivity contribution in [3.05, 3.63) is 76.0 Å². The molecule has 33 heavy (non-hydrogen) atoms. The molecule has 2 aliphatic rings. The highest BCUT2D eigenvalue weighted by molar-refractivity contribution is 7.10. The maximum absolute atomic E-state index is 13.7.